The second-order valence-corrected chi connectivity index (χ2v) is 4.96. The second kappa shape index (κ2) is 6.79. The van der Waals surface area contributed by atoms with Gasteiger partial charge in [-0.3, -0.25) is 0 Å². The lowest BCUT2D eigenvalue weighted by Gasteiger charge is -2.37. The predicted molar refractivity (Wildman–Crippen MR) is 66.8 cm³/mol. The van der Waals surface area contributed by atoms with Crippen LogP contribution in [0.4, 0.5) is 0 Å². The summed E-state index contributed by atoms with van der Waals surface area (Å²) < 4.78 is 5.60. The van der Waals surface area contributed by atoms with Crippen molar-refractivity contribution >= 4 is 0 Å². The monoisotopic (exact) mass is 242 g/mol. The molecule has 1 unspecified atom stereocenters. The maximum Gasteiger partial charge on any atom is 0.123 e. The van der Waals surface area contributed by atoms with Gasteiger partial charge < -0.3 is 4.74 Å². The maximum atomic E-state index is 11.0. The van der Waals surface area contributed by atoms with E-state index >= 15 is 0 Å². The van der Waals surface area contributed by atoms with E-state index in [1.165, 1.54) is 0 Å². The molecule has 0 aromatic rings. The first kappa shape index (κ1) is 14.2. The fraction of sp³-hybridized carbons (Fsp3) is 1.00. The molecule has 1 fully saturated rings. The zero-order valence-corrected chi connectivity index (χ0v) is 10.8. The zero-order valence-electron chi connectivity index (χ0n) is 10.8. The van der Waals surface area contributed by atoms with E-state index in [0.29, 0.717) is 12.5 Å². The first-order chi connectivity index (χ1) is 8.17. The largest absolute Gasteiger partial charge is 0.373 e. The molecule has 0 aromatic heterocycles. The molecule has 5 nitrogen and oxygen atoms in total. The van der Waals surface area contributed by atoms with Gasteiger partial charge in [-0.2, -0.15) is 9.81 Å². The van der Waals surface area contributed by atoms with Crippen LogP contribution >= 0.6 is 0 Å². The molecule has 0 N–H and O–H groups in total. The van der Waals surface area contributed by atoms with Crippen molar-refractivity contribution in [3.63, 3.8) is 0 Å². The van der Waals surface area contributed by atoms with E-state index in [9.17, 15) is 9.81 Å². The van der Waals surface area contributed by atoms with Gasteiger partial charge in [-0.15, -0.1) is 0 Å². The molecule has 1 saturated heterocycles. The Morgan fingerprint density at radius 3 is 2.47 bits per heavy atom. The third-order valence-corrected chi connectivity index (χ3v) is 3.85. The number of nitrogens with zero attached hydrogens (tertiary/aromatic N) is 2. The average molecular weight is 242 g/mol. The third-order valence-electron chi connectivity index (χ3n) is 3.85. The molecule has 5 heteroatoms. The summed E-state index contributed by atoms with van der Waals surface area (Å²) in [5.41, 5.74) is 0. The number of hydrogen-bond acceptors (Lipinski definition) is 5. The van der Waals surface area contributed by atoms with Crippen LogP contribution in [0, 0.1) is 21.6 Å². The van der Waals surface area contributed by atoms with Crippen LogP contribution < -0.4 is 0 Å². The van der Waals surface area contributed by atoms with E-state index in [1.807, 2.05) is 6.92 Å². The lowest BCUT2D eigenvalue weighted by atomic mass is 9.82. The highest BCUT2D eigenvalue weighted by molar-refractivity contribution is 4.94. The summed E-state index contributed by atoms with van der Waals surface area (Å²) in [6.45, 7) is 6.54. The van der Waals surface area contributed by atoms with E-state index in [4.69, 9.17) is 4.74 Å². The summed E-state index contributed by atoms with van der Waals surface area (Å²) >= 11 is 0. The number of nitroso groups, excluding NO2 is 2. The predicted octanol–water partition coefficient (Wildman–Crippen LogP) is 3.12. The molecule has 1 aliphatic rings. The number of rotatable bonds is 6. The minimum absolute atomic E-state index is 0.0622. The van der Waals surface area contributed by atoms with Crippen molar-refractivity contribution in [1.29, 1.82) is 0 Å². The summed E-state index contributed by atoms with van der Waals surface area (Å²) in [5, 5.41) is 6.25. The summed E-state index contributed by atoms with van der Waals surface area (Å²) in [6, 6.07) is -0.846. The Kier molecular flexibility index (Phi) is 5.68. The first-order valence-electron chi connectivity index (χ1n) is 6.44. The highest BCUT2D eigenvalue weighted by Crippen LogP contribution is 2.32. The molecule has 0 aromatic carbocycles. The molecule has 0 saturated carbocycles. The average Bonchev–Trinajstić information content (AvgIpc) is 2.37. The molecule has 5 atom stereocenters. The Labute approximate surface area is 102 Å². The van der Waals surface area contributed by atoms with E-state index < -0.39 is 12.1 Å². The fourth-order valence-electron chi connectivity index (χ4n) is 2.49. The van der Waals surface area contributed by atoms with Crippen molar-refractivity contribution in [3.05, 3.63) is 9.81 Å². The van der Waals surface area contributed by atoms with E-state index in [0.717, 1.165) is 19.3 Å². The van der Waals surface area contributed by atoms with Gasteiger partial charge in [0.1, 0.15) is 12.1 Å². The zero-order chi connectivity index (χ0) is 12.8. The molecule has 0 bridgehead atoms. The molecule has 1 aliphatic heterocycles. The first-order valence-corrected chi connectivity index (χ1v) is 6.44. The van der Waals surface area contributed by atoms with Gasteiger partial charge in [0.25, 0.3) is 0 Å². The smallest absolute Gasteiger partial charge is 0.123 e. The van der Waals surface area contributed by atoms with Crippen molar-refractivity contribution in [3.8, 4) is 0 Å². The summed E-state index contributed by atoms with van der Waals surface area (Å²) in [7, 11) is 0. The van der Waals surface area contributed by atoms with Gasteiger partial charge in [0.2, 0.25) is 0 Å². The van der Waals surface area contributed by atoms with Crippen molar-refractivity contribution in [2.45, 2.75) is 58.2 Å². The van der Waals surface area contributed by atoms with Gasteiger partial charge in [0.15, 0.2) is 0 Å². The van der Waals surface area contributed by atoms with Crippen molar-refractivity contribution in [1.82, 2.24) is 0 Å². The summed E-state index contributed by atoms with van der Waals surface area (Å²) in [4.78, 5) is 21.7. The molecule has 0 spiro atoms. The normalized spacial score (nSPS) is 35.2. The molecule has 17 heavy (non-hydrogen) atoms. The maximum absolute atomic E-state index is 11.0. The van der Waals surface area contributed by atoms with Gasteiger partial charge in [-0.1, -0.05) is 37.5 Å². The van der Waals surface area contributed by atoms with Crippen LogP contribution in [-0.4, -0.2) is 24.8 Å². The van der Waals surface area contributed by atoms with Crippen LogP contribution in [0.3, 0.4) is 0 Å². The standard InChI is InChI=1S/C12H22N2O3/c1-4-8(3)6-11-12(14-16)9(5-2)10(13-15)7-17-11/h8-12H,4-7H2,1-3H3/t8-,9-,10+,11?,12+/m0/s1. The minimum Gasteiger partial charge on any atom is -0.373 e. The van der Waals surface area contributed by atoms with E-state index in [-0.39, 0.29) is 12.0 Å². The van der Waals surface area contributed by atoms with Crippen LogP contribution in [0.25, 0.3) is 0 Å². The molecular formula is C12H22N2O3. The topological polar surface area (TPSA) is 68.1 Å². The number of ether oxygens (including phenoxy) is 1. The van der Waals surface area contributed by atoms with E-state index in [1.54, 1.807) is 0 Å². The summed E-state index contributed by atoms with van der Waals surface area (Å²) in [5.74, 6) is 0.440. The van der Waals surface area contributed by atoms with Gasteiger partial charge in [-0.25, -0.2) is 0 Å². The highest BCUT2D eigenvalue weighted by atomic mass is 16.5. The van der Waals surface area contributed by atoms with Gasteiger partial charge in [0.05, 0.1) is 12.7 Å². The Balaban J connectivity index is 2.73. The third kappa shape index (κ3) is 3.31. The van der Waals surface area contributed by atoms with Crippen LogP contribution in [-0.2, 0) is 4.74 Å². The Hall–Kier alpha value is -0.840. The van der Waals surface area contributed by atoms with Crippen molar-refractivity contribution in [2.75, 3.05) is 6.61 Å². The van der Waals surface area contributed by atoms with Crippen LogP contribution in [0.2, 0.25) is 0 Å². The molecule has 0 radical (unpaired) electrons. The molecule has 98 valence electrons. The molecular weight excluding hydrogens is 220 g/mol. The van der Waals surface area contributed by atoms with Gasteiger partial charge in [-0.05, 0) is 18.8 Å². The number of hydrogen-bond donors (Lipinski definition) is 0. The minimum atomic E-state index is -0.426. The lowest BCUT2D eigenvalue weighted by molar-refractivity contribution is -0.0479. The van der Waals surface area contributed by atoms with Crippen molar-refractivity contribution in [2.24, 2.45) is 22.2 Å². The fourth-order valence-corrected chi connectivity index (χ4v) is 2.49. The lowest BCUT2D eigenvalue weighted by Crippen LogP contribution is -2.47. The molecule has 0 amide bonds. The highest BCUT2D eigenvalue weighted by Gasteiger charge is 2.41. The Morgan fingerprint density at radius 2 is 2.00 bits per heavy atom. The van der Waals surface area contributed by atoms with Crippen LogP contribution in [0.15, 0.2) is 10.4 Å². The quantitative estimate of drug-likeness (QED) is 0.672. The molecule has 1 rings (SSSR count). The van der Waals surface area contributed by atoms with E-state index in [2.05, 4.69) is 24.2 Å². The van der Waals surface area contributed by atoms with Gasteiger partial charge in [0, 0.05) is 5.92 Å². The van der Waals surface area contributed by atoms with Crippen LogP contribution in [0.1, 0.15) is 40.0 Å². The molecule has 1 heterocycles. The van der Waals surface area contributed by atoms with Gasteiger partial charge >= 0.3 is 0 Å². The molecule has 0 aliphatic carbocycles. The Morgan fingerprint density at radius 1 is 1.29 bits per heavy atom. The van der Waals surface area contributed by atoms with Crippen molar-refractivity contribution < 1.29 is 4.74 Å². The summed E-state index contributed by atoms with van der Waals surface area (Å²) in [6.07, 6.45) is 2.48. The Bertz CT molecular complexity index is 260. The SMILES string of the molecule is CC[C@H](C)CC1OC[C@@H](N=O)[C@H](CC)[C@H]1N=O. The van der Waals surface area contributed by atoms with Crippen LogP contribution in [0.5, 0.6) is 0 Å². The second-order valence-electron chi connectivity index (χ2n) is 4.96.